The first-order valence-corrected chi connectivity index (χ1v) is 11.8. The molecule has 0 unspecified atom stereocenters. The highest BCUT2D eigenvalue weighted by molar-refractivity contribution is 9.10. The predicted octanol–water partition coefficient (Wildman–Crippen LogP) is 5.55. The molecular formula is C24H24BrFN6O3. The molecule has 0 aliphatic heterocycles. The van der Waals surface area contributed by atoms with Crippen molar-refractivity contribution >= 4 is 21.7 Å². The Morgan fingerprint density at radius 1 is 1.23 bits per heavy atom. The van der Waals surface area contributed by atoms with Crippen LogP contribution in [0.5, 0.6) is 5.75 Å². The van der Waals surface area contributed by atoms with Crippen molar-refractivity contribution in [3.8, 4) is 17.0 Å². The minimum Gasteiger partial charge on any atom is -0.478 e. The third kappa shape index (κ3) is 5.24. The number of nitrogens with zero attached hydrogens (tertiary/aromatic N) is 6. The minimum absolute atomic E-state index is 0.0177. The summed E-state index contributed by atoms with van der Waals surface area (Å²) in [5.74, 6) is -0.880. The number of benzene rings is 1. The van der Waals surface area contributed by atoms with Crippen molar-refractivity contribution in [2.45, 2.75) is 39.8 Å². The molecule has 0 aliphatic rings. The molecule has 0 saturated carbocycles. The lowest BCUT2D eigenvalue weighted by atomic mass is 9.96. The quantitative estimate of drug-likeness (QED) is 0.214. The number of nitro groups is 1. The highest BCUT2D eigenvalue weighted by Gasteiger charge is 2.24. The molecule has 4 aromatic rings. The zero-order valence-electron chi connectivity index (χ0n) is 19.7. The molecule has 182 valence electrons. The summed E-state index contributed by atoms with van der Waals surface area (Å²) in [5.41, 5.74) is 4.84. The van der Waals surface area contributed by atoms with Gasteiger partial charge in [-0.3, -0.25) is 9.36 Å². The molecule has 0 spiro atoms. The predicted molar refractivity (Wildman–Crippen MR) is 132 cm³/mol. The molecule has 1 aromatic carbocycles. The Kier molecular flexibility index (Phi) is 6.97. The van der Waals surface area contributed by atoms with Crippen LogP contribution in [0, 0.1) is 22.9 Å². The van der Waals surface area contributed by atoms with Gasteiger partial charge >= 0.3 is 5.82 Å². The maximum atomic E-state index is 14.4. The summed E-state index contributed by atoms with van der Waals surface area (Å²) in [7, 11) is 1.83. The van der Waals surface area contributed by atoms with E-state index in [2.05, 4.69) is 31.1 Å². The number of hydrogen-bond acceptors (Lipinski definition) is 6. The molecule has 35 heavy (non-hydrogen) atoms. The minimum atomic E-state index is -0.727. The molecule has 3 aromatic heterocycles. The van der Waals surface area contributed by atoms with E-state index in [9.17, 15) is 14.5 Å². The van der Waals surface area contributed by atoms with Crippen molar-refractivity contribution in [1.82, 2.24) is 24.5 Å². The maximum absolute atomic E-state index is 14.4. The summed E-state index contributed by atoms with van der Waals surface area (Å²) in [6.07, 6.45) is 5.14. The fraction of sp³-hybridized carbons (Fsp3) is 0.292. The van der Waals surface area contributed by atoms with Crippen LogP contribution in [0.2, 0.25) is 0 Å². The van der Waals surface area contributed by atoms with Crippen LogP contribution in [-0.2, 0) is 20.0 Å². The average molecular weight is 543 g/mol. The van der Waals surface area contributed by atoms with E-state index in [1.807, 2.05) is 38.0 Å². The van der Waals surface area contributed by atoms with Gasteiger partial charge in [-0.25, -0.2) is 4.39 Å². The van der Waals surface area contributed by atoms with E-state index >= 15 is 0 Å². The molecule has 3 heterocycles. The molecule has 0 bridgehead atoms. The van der Waals surface area contributed by atoms with Crippen LogP contribution in [0.1, 0.15) is 42.3 Å². The van der Waals surface area contributed by atoms with Gasteiger partial charge < -0.3 is 14.9 Å². The van der Waals surface area contributed by atoms with Crippen LogP contribution >= 0.6 is 15.9 Å². The van der Waals surface area contributed by atoms with Gasteiger partial charge in [-0.2, -0.15) is 10.2 Å². The summed E-state index contributed by atoms with van der Waals surface area (Å²) in [6, 6.07) is 5.87. The third-order valence-electron chi connectivity index (χ3n) is 5.64. The molecule has 0 saturated heterocycles. The van der Waals surface area contributed by atoms with Crippen LogP contribution in [0.4, 0.5) is 10.2 Å². The number of ether oxygens (including phenoxy) is 1. The van der Waals surface area contributed by atoms with E-state index in [4.69, 9.17) is 4.74 Å². The summed E-state index contributed by atoms with van der Waals surface area (Å²) in [4.78, 5) is 14.7. The van der Waals surface area contributed by atoms with Crippen molar-refractivity contribution in [2.75, 3.05) is 0 Å². The number of rotatable bonds is 8. The highest BCUT2D eigenvalue weighted by atomic mass is 79.9. The lowest BCUT2D eigenvalue weighted by Gasteiger charge is -2.18. The first-order valence-electron chi connectivity index (χ1n) is 11.0. The number of hydrogen-bond donors (Lipinski definition) is 0. The fourth-order valence-electron chi connectivity index (χ4n) is 3.97. The zero-order valence-corrected chi connectivity index (χ0v) is 21.3. The van der Waals surface area contributed by atoms with Gasteiger partial charge in [0.05, 0.1) is 15.9 Å². The molecule has 4 rings (SSSR count). The van der Waals surface area contributed by atoms with E-state index in [0.29, 0.717) is 27.7 Å². The second-order valence-electron chi connectivity index (χ2n) is 8.17. The van der Waals surface area contributed by atoms with Crippen molar-refractivity contribution in [3.05, 3.63) is 85.6 Å². The average Bonchev–Trinajstić information content (AvgIpc) is 3.35. The van der Waals surface area contributed by atoms with Gasteiger partial charge in [0, 0.05) is 55.2 Å². The topological polar surface area (TPSA) is 101 Å². The smallest absolute Gasteiger partial charge is 0.406 e. The lowest BCUT2D eigenvalue weighted by Crippen LogP contribution is -2.08. The van der Waals surface area contributed by atoms with Crippen LogP contribution in [0.3, 0.4) is 0 Å². The summed E-state index contributed by atoms with van der Waals surface area (Å²) < 4.78 is 24.4. The van der Waals surface area contributed by atoms with Crippen molar-refractivity contribution < 1.29 is 14.1 Å². The zero-order chi connectivity index (χ0) is 25.3. The van der Waals surface area contributed by atoms with Crippen LogP contribution in [-0.4, -0.2) is 29.5 Å². The monoisotopic (exact) mass is 542 g/mol. The first-order chi connectivity index (χ1) is 16.7. The molecule has 1 atom stereocenters. The Balaban J connectivity index is 1.74. The highest BCUT2D eigenvalue weighted by Crippen LogP contribution is 2.36. The second kappa shape index (κ2) is 9.95. The van der Waals surface area contributed by atoms with Gasteiger partial charge in [-0.1, -0.05) is 0 Å². The van der Waals surface area contributed by atoms with E-state index in [-0.39, 0.29) is 5.75 Å². The molecular weight excluding hydrogens is 519 g/mol. The Morgan fingerprint density at radius 3 is 2.69 bits per heavy atom. The van der Waals surface area contributed by atoms with Crippen LogP contribution in [0.25, 0.3) is 11.3 Å². The van der Waals surface area contributed by atoms with Crippen molar-refractivity contribution in [1.29, 1.82) is 0 Å². The molecule has 0 amide bonds. The Morgan fingerprint density at radius 2 is 2.00 bits per heavy atom. The molecule has 0 aliphatic carbocycles. The van der Waals surface area contributed by atoms with Crippen molar-refractivity contribution in [2.24, 2.45) is 7.05 Å². The summed E-state index contributed by atoms with van der Waals surface area (Å²) in [5, 5.41) is 20.6. The molecule has 11 heteroatoms. The van der Waals surface area contributed by atoms with E-state index in [1.165, 1.54) is 24.4 Å². The van der Waals surface area contributed by atoms with Gasteiger partial charge in [-0.05, 0) is 70.4 Å². The van der Waals surface area contributed by atoms with Gasteiger partial charge in [0.1, 0.15) is 11.9 Å². The largest absolute Gasteiger partial charge is 0.478 e. The number of halogens is 2. The van der Waals surface area contributed by atoms with Gasteiger partial charge in [0.25, 0.3) is 0 Å². The van der Waals surface area contributed by atoms with E-state index < -0.39 is 22.7 Å². The van der Waals surface area contributed by atoms with Crippen LogP contribution in [0.15, 0.2) is 47.3 Å². The van der Waals surface area contributed by atoms with E-state index in [0.717, 1.165) is 23.4 Å². The van der Waals surface area contributed by atoms with Gasteiger partial charge in [-0.15, -0.1) is 0 Å². The first kappa shape index (κ1) is 24.5. The normalized spacial score (nSPS) is 12.1. The summed E-state index contributed by atoms with van der Waals surface area (Å²) >= 11 is 3.27. The number of pyridine rings is 1. The Hall–Kier alpha value is -3.60. The molecule has 0 N–H and O–H groups in total. The molecule has 0 fully saturated rings. The number of aryl methyl sites for hydroxylation is 3. The second-order valence-corrected chi connectivity index (χ2v) is 9.09. The molecule has 9 nitrogen and oxygen atoms in total. The number of aromatic nitrogens is 5. The van der Waals surface area contributed by atoms with Gasteiger partial charge in [0.15, 0.2) is 6.20 Å². The Labute approximate surface area is 209 Å². The lowest BCUT2D eigenvalue weighted by molar-refractivity contribution is -0.390. The van der Waals surface area contributed by atoms with E-state index in [1.54, 1.807) is 17.7 Å². The Bertz CT molecular complexity index is 1400. The SMILES string of the molecule is CCn1cc(Cc2cn(C)nc2-c2ccc(F)cc2[C@@H](C)Oc2cc(Br)cnc2[N+](=O)[O-])c(C)n1. The summed E-state index contributed by atoms with van der Waals surface area (Å²) in [6.45, 7) is 6.48. The fourth-order valence-corrected chi connectivity index (χ4v) is 4.28. The maximum Gasteiger partial charge on any atom is 0.406 e. The molecule has 0 radical (unpaired) electrons. The van der Waals surface area contributed by atoms with Crippen molar-refractivity contribution in [3.63, 3.8) is 0 Å². The van der Waals surface area contributed by atoms with Crippen LogP contribution < -0.4 is 4.74 Å². The van der Waals surface area contributed by atoms with Gasteiger partial charge in [0.2, 0.25) is 5.75 Å². The third-order valence-corrected chi connectivity index (χ3v) is 6.07. The standard InChI is InChI=1S/C24H24BrFN6O3/c1-5-31-13-16(14(2)28-31)8-17-12-30(4)29-23(17)20-7-6-19(26)10-21(20)15(3)35-22-9-18(25)11-27-24(22)32(33)34/h6-7,9-13,15H,5,8H2,1-4H3/t15-/m1/s1.